The van der Waals surface area contributed by atoms with Crippen LogP contribution in [0.25, 0.3) is 11.3 Å². The molecule has 0 aliphatic carbocycles. The molecule has 5 rings (SSSR count). The SMILES string of the molecule is O=C(O)C(F)(F)F.O=C1Nc2cc(C(=O)O)ccc2/C1=C(/Nc1ccc(C(=O)N2CCNCC2)cc1)c1ccccc1. The summed E-state index contributed by atoms with van der Waals surface area (Å²) in [7, 11) is 0. The van der Waals surface area contributed by atoms with Gasteiger partial charge in [0.05, 0.1) is 22.5 Å². The number of rotatable bonds is 5. The maximum absolute atomic E-state index is 13.0. The molecule has 5 N–H and O–H groups in total. The van der Waals surface area contributed by atoms with Crippen molar-refractivity contribution < 1.29 is 42.6 Å². The van der Waals surface area contributed by atoms with Gasteiger partial charge in [0.2, 0.25) is 0 Å². The molecule has 0 radical (unpaired) electrons. The Morgan fingerprint density at radius 3 is 2.00 bits per heavy atom. The van der Waals surface area contributed by atoms with Crippen molar-refractivity contribution in [3.63, 3.8) is 0 Å². The zero-order valence-electron chi connectivity index (χ0n) is 21.9. The van der Waals surface area contributed by atoms with E-state index in [1.54, 1.807) is 18.2 Å². The molecular weight excluding hydrogens is 557 g/mol. The standard InChI is InChI=1S/C27H24N4O4.C2HF3O2/c32-25-23(21-11-8-19(27(34)35)16-22(21)30-25)24(17-4-2-1-3-5-17)29-20-9-6-18(7-10-20)26(33)31-14-12-28-13-15-31;3-2(4,5)1(6)7/h1-11,16,28-29H,12-15H2,(H,30,32)(H,34,35);(H,6,7)/b24-23-;. The number of carboxylic acid groups (broad SMARTS) is 2. The molecule has 3 aromatic carbocycles. The van der Waals surface area contributed by atoms with Crippen LogP contribution in [0.1, 0.15) is 31.8 Å². The minimum atomic E-state index is -5.08. The smallest absolute Gasteiger partial charge is 0.478 e. The summed E-state index contributed by atoms with van der Waals surface area (Å²) < 4.78 is 31.7. The third-order valence-corrected chi connectivity index (χ3v) is 6.37. The summed E-state index contributed by atoms with van der Waals surface area (Å²) >= 11 is 0. The van der Waals surface area contributed by atoms with Gasteiger partial charge in [0.15, 0.2) is 0 Å². The lowest BCUT2D eigenvalue weighted by molar-refractivity contribution is -0.192. The number of alkyl halides is 3. The fourth-order valence-corrected chi connectivity index (χ4v) is 4.33. The van der Waals surface area contributed by atoms with E-state index in [1.165, 1.54) is 12.1 Å². The molecule has 2 aliphatic heterocycles. The van der Waals surface area contributed by atoms with Crippen LogP contribution in [0.4, 0.5) is 24.5 Å². The molecule has 218 valence electrons. The number of nitrogens with zero attached hydrogens (tertiary/aromatic N) is 1. The normalized spacial score (nSPS) is 15.5. The average Bonchev–Trinajstić information content (AvgIpc) is 3.31. The lowest BCUT2D eigenvalue weighted by atomic mass is 9.99. The monoisotopic (exact) mass is 582 g/mol. The molecule has 0 bridgehead atoms. The van der Waals surface area contributed by atoms with Gasteiger partial charge in [-0.1, -0.05) is 36.4 Å². The Bertz CT molecular complexity index is 1530. The highest BCUT2D eigenvalue weighted by Crippen LogP contribution is 2.38. The summed E-state index contributed by atoms with van der Waals surface area (Å²) in [5, 5.41) is 25.8. The van der Waals surface area contributed by atoms with Crippen LogP contribution in [0.5, 0.6) is 0 Å². The van der Waals surface area contributed by atoms with Gasteiger partial charge in [0.25, 0.3) is 11.8 Å². The molecule has 3 aromatic rings. The molecule has 0 spiro atoms. The number of piperazine rings is 1. The Kier molecular flexibility index (Phi) is 8.91. The molecule has 2 aliphatic rings. The second-order valence-corrected chi connectivity index (χ2v) is 9.18. The second-order valence-electron chi connectivity index (χ2n) is 9.18. The van der Waals surface area contributed by atoms with Gasteiger partial charge in [0.1, 0.15) is 0 Å². The molecule has 42 heavy (non-hydrogen) atoms. The molecule has 0 atom stereocenters. The molecule has 1 saturated heterocycles. The Labute approximate surface area is 237 Å². The highest BCUT2D eigenvalue weighted by molar-refractivity contribution is 6.37. The first-order chi connectivity index (χ1) is 20.0. The fraction of sp³-hybridized carbons (Fsp3) is 0.172. The number of amides is 2. The Hall–Kier alpha value is -5.17. The predicted molar refractivity (Wildman–Crippen MR) is 148 cm³/mol. The highest BCUT2D eigenvalue weighted by Gasteiger charge is 2.38. The molecule has 0 saturated carbocycles. The van der Waals surface area contributed by atoms with Gasteiger partial charge in [-0.2, -0.15) is 13.2 Å². The van der Waals surface area contributed by atoms with Gasteiger partial charge in [0, 0.05) is 43.0 Å². The third kappa shape index (κ3) is 6.93. The number of nitrogens with one attached hydrogen (secondary N) is 3. The third-order valence-electron chi connectivity index (χ3n) is 6.37. The number of hydrogen-bond acceptors (Lipinski definition) is 6. The maximum Gasteiger partial charge on any atom is 0.490 e. The van der Waals surface area contributed by atoms with Gasteiger partial charge in [-0.15, -0.1) is 0 Å². The van der Waals surface area contributed by atoms with Crippen molar-refractivity contribution in [2.45, 2.75) is 6.18 Å². The largest absolute Gasteiger partial charge is 0.490 e. The number of carboxylic acids is 2. The Morgan fingerprint density at radius 1 is 0.833 bits per heavy atom. The highest BCUT2D eigenvalue weighted by atomic mass is 19.4. The topological polar surface area (TPSA) is 148 Å². The quantitative estimate of drug-likeness (QED) is 0.284. The van der Waals surface area contributed by atoms with E-state index in [4.69, 9.17) is 9.90 Å². The predicted octanol–water partition coefficient (Wildman–Crippen LogP) is 4.00. The van der Waals surface area contributed by atoms with Crippen LogP contribution in [0.3, 0.4) is 0 Å². The fourth-order valence-electron chi connectivity index (χ4n) is 4.33. The van der Waals surface area contributed by atoms with Gasteiger partial charge < -0.3 is 31.1 Å². The van der Waals surface area contributed by atoms with Crippen molar-refractivity contribution in [1.29, 1.82) is 0 Å². The molecule has 2 amide bonds. The summed E-state index contributed by atoms with van der Waals surface area (Å²) in [6.45, 7) is 2.94. The molecule has 2 heterocycles. The molecule has 13 heteroatoms. The number of aromatic carboxylic acids is 1. The van der Waals surface area contributed by atoms with E-state index < -0.39 is 18.1 Å². The maximum atomic E-state index is 13.0. The van der Waals surface area contributed by atoms with E-state index in [0.717, 1.165) is 24.3 Å². The lowest BCUT2D eigenvalue weighted by Gasteiger charge is -2.27. The zero-order chi connectivity index (χ0) is 30.4. The number of carbonyl (C=O) groups is 4. The molecule has 0 unspecified atom stereocenters. The number of benzene rings is 3. The van der Waals surface area contributed by atoms with Crippen LogP contribution >= 0.6 is 0 Å². The first-order valence-corrected chi connectivity index (χ1v) is 12.6. The van der Waals surface area contributed by atoms with E-state index in [2.05, 4.69) is 16.0 Å². The van der Waals surface area contributed by atoms with E-state index in [0.29, 0.717) is 41.2 Å². The minimum absolute atomic E-state index is 0.00183. The molecule has 10 nitrogen and oxygen atoms in total. The lowest BCUT2D eigenvalue weighted by Crippen LogP contribution is -2.46. The number of hydrogen-bond donors (Lipinski definition) is 5. The van der Waals surface area contributed by atoms with Crippen LogP contribution in [0.15, 0.2) is 72.8 Å². The summed E-state index contributed by atoms with van der Waals surface area (Å²) in [5.41, 5.74) is 4.32. The number of carbonyl (C=O) groups excluding carboxylic acids is 2. The van der Waals surface area contributed by atoms with Crippen LogP contribution in [0.2, 0.25) is 0 Å². The van der Waals surface area contributed by atoms with E-state index in [-0.39, 0.29) is 17.4 Å². The van der Waals surface area contributed by atoms with Gasteiger partial charge >= 0.3 is 18.1 Å². The van der Waals surface area contributed by atoms with Crippen molar-refractivity contribution in [3.8, 4) is 0 Å². The van der Waals surface area contributed by atoms with Gasteiger partial charge in [-0.25, -0.2) is 9.59 Å². The van der Waals surface area contributed by atoms with Crippen molar-refractivity contribution in [1.82, 2.24) is 10.2 Å². The van der Waals surface area contributed by atoms with E-state index in [1.807, 2.05) is 47.4 Å². The first-order valence-electron chi connectivity index (χ1n) is 12.6. The van der Waals surface area contributed by atoms with Crippen molar-refractivity contribution >= 4 is 46.4 Å². The van der Waals surface area contributed by atoms with Crippen molar-refractivity contribution in [3.05, 3.63) is 95.1 Å². The zero-order valence-corrected chi connectivity index (χ0v) is 21.9. The summed E-state index contributed by atoms with van der Waals surface area (Å²) in [4.78, 5) is 47.9. The molecule has 1 fully saturated rings. The molecule has 0 aromatic heterocycles. The number of fused-ring (bicyclic) bond motifs is 1. The summed E-state index contributed by atoms with van der Waals surface area (Å²) in [5.74, 6) is -4.14. The van der Waals surface area contributed by atoms with Crippen LogP contribution in [-0.4, -0.2) is 71.2 Å². The van der Waals surface area contributed by atoms with Crippen molar-refractivity contribution in [2.24, 2.45) is 0 Å². The van der Waals surface area contributed by atoms with Crippen LogP contribution < -0.4 is 16.0 Å². The van der Waals surface area contributed by atoms with Gasteiger partial charge in [-0.05, 0) is 42.0 Å². The average molecular weight is 583 g/mol. The Morgan fingerprint density at radius 2 is 1.43 bits per heavy atom. The molecular formula is C29H25F3N4O6. The van der Waals surface area contributed by atoms with Gasteiger partial charge in [-0.3, -0.25) is 9.59 Å². The van der Waals surface area contributed by atoms with E-state index in [9.17, 15) is 32.7 Å². The minimum Gasteiger partial charge on any atom is -0.478 e. The second kappa shape index (κ2) is 12.6. The number of halogens is 3. The summed E-state index contributed by atoms with van der Waals surface area (Å²) in [6.07, 6.45) is -5.08. The van der Waals surface area contributed by atoms with Crippen LogP contribution in [-0.2, 0) is 9.59 Å². The number of aliphatic carboxylic acids is 1. The first kappa shape index (κ1) is 29.8. The Balaban J connectivity index is 0.000000517. The number of anilines is 2. The van der Waals surface area contributed by atoms with E-state index >= 15 is 0 Å². The van der Waals surface area contributed by atoms with Crippen molar-refractivity contribution in [2.75, 3.05) is 36.8 Å². The van der Waals surface area contributed by atoms with Crippen LogP contribution in [0, 0.1) is 0 Å². The summed E-state index contributed by atoms with van der Waals surface area (Å²) in [6, 6.07) is 21.2.